The number of carbonyl (C=O) groups excluding carboxylic acids is 1. The van der Waals surface area contributed by atoms with Crippen LogP contribution in [-0.4, -0.2) is 23.7 Å². The van der Waals surface area contributed by atoms with Crippen LogP contribution in [0.1, 0.15) is 30.1 Å². The Kier molecular flexibility index (Phi) is 5.29. The summed E-state index contributed by atoms with van der Waals surface area (Å²) in [5.74, 6) is -0.170. The Bertz CT molecular complexity index is 355. The second-order valence-electron chi connectivity index (χ2n) is 3.72. The molecule has 0 fully saturated rings. The van der Waals surface area contributed by atoms with Crippen LogP contribution in [0.5, 0.6) is 0 Å². The van der Waals surface area contributed by atoms with Crippen LogP contribution in [-0.2, 0) is 0 Å². The molecule has 0 saturated carbocycles. The molecule has 16 heavy (non-hydrogen) atoms. The number of rotatable bonds is 5. The fraction of sp³-hybridized carbons (Fsp3) is 0.417. The third kappa shape index (κ3) is 3.83. The summed E-state index contributed by atoms with van der Waals surface area (Å²) in [6, 6.07) is 6.98. The number of aliphatic hydroxyl groups excluding tert-OH is 1. The maximum Gasteiger partial charge on any atom is 0.252 e. The van der Waals surface area contributed by atoms with Crippen molar-refractivity contribution in [1.82, 2.24) is 5.32 Å². The highest BCUT2D eigenvalue weighted by molar-refractivity contribution is 6.33. The van der Waals surface area contributed by atoms with Gasteiger partial charge in [-0.2, -0.15) is 0 Å². The molecule has 4 heteroatoms. The quantitative estimate of drug-likeness (QED) is 0.831. The highest BCUT2D eigenvalue weighted by Gasteiger charge is 2.11. The molecule has 0 aliphatic rings. The van der Waals surface area contributed by atoms with E-state index in [0.717, 1.165) is 6.42 Å². The highest BCUT2D eigenvalue weighted by Crippen LogP contribution is 2.14. The maximum atomic E-state index is 11.8. The Morgan fingerprint density at radius 3 is 2.81 bits per heavy atom. The minimum atomic E-state index is -0.170. The molecule has 0 aliphatic carbocycles. The van der Waals surface area contributed by atoms with E-state index in [0.29, 0.717) is 17.0 Å². The van der Waals surface area contributed by atoms with Gasteiger partial charge < -0.3 is 10.4 Å². The molecule has 3 nitrogen and oxygen atoms in total. The van der Waals surface area contributed by atoms with Gasteiger partial charge in [0.25, 0.3) is 5.91 Å². The first kappa shape index (κ1) is 13.0. The highest BCUT2D eigenvalue weighted by atomic mass is 35.5. The zero-order valence-electron chi connectivity index (χ0n) is 9.24. The van der Waals surface area contributed by atoms with Gasteiger partial charge in [-0.25, -0.2) is 0 Å². The molecule has 0 aliphatic heterocycles. The maximum absolute atomic E-state index is 11.8. The normalized spacial score (nSPS) is 12.2. The fourth-order valence-electron chi connectivity index (χ4n) is 1.42. The Morgan fingerprint density at radius 2 is 2.19 bits per heavy atom. The SMILES string of the molecule is CC(CCCO)NC(=O)c1ccccc1Cl. The minimum absolute atomic E-state index is 0.0379. The molecule has 1 amide bonds. The first-order chi connectivity index (χ1) is 7.65. The van der Waals surface area contributed by atoms with E-state index in [1.54, 1.807) is 24.3 Å². The van der Waals surface area contributed by atoms with E-state index >= 15 is 0 Å². The minimum Gasteiger partial charge on any atom is -0.396 e. The lowest BCUT2D eigenvalue weighted by molar-refractivity contribution is 0.0936. The van der Waals surface area contributed by atoms with E-state index < -0.39 is 0 Å². The second-order valence-corrected chi connectivity index (χ2v) is 4.13. The van der Waals surface area contributed by atoms with Gasteiger partial charge in [-0.15, -0.1) is 0 Å². The molecule has 0 radical (unpaired) electrons. The summed E-state index contributed by atoms with van der Waals surface area (Å²) < 4.78 is 0. The number of hydrogen-bond acceptors (Lipinski definition) is 2. The monoisotopic (exact) mass is 241 g/mol. The second kappa shape index (κ2) is 6.51. The third-order valence-corrected chi connectivity index (χ3v) is 2.62. The number of benzene rings is 1. The van der Waals surface area contributed by atoms with Gasteiger partial charge >= 0.3 is 0 Å². The van der Waals surface area contributed by atoms with Crippen molar-refractivity contribution in [3.05, 3.63) is 34.9 Å². The third-order valence-electron chi connectivity index (χ3n) is 2.29. The number of halogens is 1. The fourth-order valence-corrected chi connectivity index (χ4v) is 1.64. The number of aliphatic hydroxyl groups is 1. The number of amides is 1. The Morgan fingerprint density at radius 1 is 1.50 bits per heavy atom. The smallest absolute Gasteiger partial charge is 0.252 e. The molecule has 1 unspecified atom stereocenters. The first-order valence-electron chi connectivity index (χ1n) is 5.31. The number of hydrogen-bond donors (Lipinski definition) is 2. The zero-order chi connectivity index (χ0) is 12.0. The molecule has 0 saturated heterocycles. The first-order valence-corrected chi connectivity index (χ1v) is 5.69. The summed E-state index contributed by atoms with van der Waals surface area (Å²) in [5.41, 5.74) is 0.486. The summed E-state index contributed by atoms with van der Waals surface area (Å²) in [7, 11) is 0. The Labute approximate surface area is 100 Å². The lowest BCUT2D eigenvalue weighted by Crippen LogP contribution is -2.32. The van der Waals surface area contributed by atoms with Crippen molar-refractivity contribution >= 4 is 17.5 Å². The van der Waals surface area contributed by atoms with Crippen molar-refractivity contribution in [2.45, 2.75) is 25.8 Å². The van der Waals surface area contributed by atoms with E-state index in [4.69, 9.17) is 16.7 Å². The molecule has 1 atom stereocenters. The van der Waals surface area contributed by atoms with Gasteiger partial charge in [-0.05, 0) is 31.9 Å². The van der Waals surface area contributed by atoms with Crippen molar-refractivity contribution in [2.75, 3.05) is 6.61 Å². The van der Waals surface area contributed by atoms with E-state index in [1.165, 1.54) is 0 Å². The van der Waals surface area contributed by atoms with Crippen LogP contribution in [0.2, 0.25) is 5.02 Å². The molecule has 0 spiro atoms. The van der Waals surface area contributed by atoms with E-state index in [-0.39, 0.29) is 18.6 Å². The van der Waals surface area contributed by atoms with Crippen LogP contribution in [0.25, 0.3) is 0 Å². The average molecular weight is 242 g/mol. The molecular formula is C12H16ClNO2. The van der Waals surface area contributed by atoms with Crippen LogP contribution in [0.15, 0.2) is 24.3 Å². The van der Waals surface area contributed by atoms with Gasteiger partial charge in [0, 0.05) is 12.6 Å². The summed E-state index contributed by atoms with van der Waals surface area (Å²) in [6.07, 6.45) is 1.44. The molecule has 1 aromatic rings. The predicted octanol–water partition coefficient (Wildman–Crippen LogP) is 2.23. The van der Waals surface area contributed by atoms with Crippen molar-refractivity contribution in [2.24, 2.45) is 0 Å². The van der Waals surface area contributed by atoms with Crippen LogP contribution < -0.4 is 5.32 Å². The average Bonchev–Trinajstić information content (AvgIpc) is 2.26. The standard InChI is InChI=1S/C12H16ClNO2/c1-9(5-4-8-15)14-12(16)10-6-2-3-7-11(10)13/h2-3,6-7,9,15H,4-5,8H2,1H3,(H,14,16). The number of carbonyl (C=O) groups is 1. The van der Waals surface area contributed by atoms with Crippen LogP contribution in [0.4, 0.5) is 0 Å². The van der Waals surface area contributed by atoms with E-state index in [1.807, 2.05) is 6.92 Å². The van der Waals surface area contributed by atoms with Crippen LogP contribution in [0, 0.1) is 0 Å². The Balaban J connectivity index is 2.56. The summed E-state index contributed by atoms with van der Waals surface area (Å²) in [6.45, 7) is 2.05. The predicted molar refractivity (Wildman–Crippen MR) is 64.7 cm³/mol. The van der Waals surface area contributed by atoms with Gasteiger partial charge in [0.05, 0.1) is 10.6 Å². The largest absolute Gasteiger partial charge is 0.396 e. The molecule has 1 rings (SSSR count). The lowest BCUT2D eigenvalue weighted by atomic mass is 10.1. The van der Waals surface area contributed by atoms with Crippen molar-refractivity contribution < 1.29 is 9.90 Å². The van der Waals surface area contributed by atoms with Crippen molar-refractivity contribution in [3.63, 3.8) is 0 Å². The summed E-state index contributed by atoms with van der Waals surface area (Å²) >= 11 is 5.91. The zero-order valence-corrected chi connectivity index (χ0v) is 10.00. The van der Waals surface area contributed by atoms with E-state index in [9.17, 15) is 4.79 Å². The Hall–Kier alpha value is -1.06. The van der Waals surface area contributed by atoms with Gasteiger partial charge in [-0.3, -0.25) is 4.79 Å². The lowest BCUT2D eigenvalue weighted by Gasteiger charge is -2.13. The van der Waals surface area contributed by atoms with Gasteiger partial charge in [0.2, 0.25) is 0 Å². The van der Waals surface area contributed by atoms with Crippen molar-refractivity contribution in [1.29, 1.82) is 0 Å². The van der Waals surface area contributed by atoms with Gasteiger partial charge in [0.15, 0.2) is 0 Å². The molecule has 1 aromatic carbocycles. The van der Waals surface area contributed by atoms with Crippen LogP contribution in [0.3, 0.4) is 0 Å². The molecule has 2 N–H and O–H groups in total. The topological polar surface area (TPSA) is 49.3 Å². The number of nitrogens with one attached hydrogen (secondary N) is 1. The molecule has 0 bridgehead atoms. The summed E-state index contributed by atoms with van der Waals surface area (Å²) in [5, 5.41) is 12.0. The molecule has 88 valence electrons. The van der Waals surface area contributed by atoms with Gasteiger partial charge in [-0.1, -0.05) is 23.7 Å². The van der Waals surface area contributed by atoms with E-state index in [2.05, 4.69) is 5.32 Å². The summed E-state index contributed by atoms with van der Waals surface area (Å²) in [4.78, 5) is 11.8. The van der Waals surface area contributed by atoms with Gasteiger partial charge in [0.1, 0.15) is 0 Å². The van der Waals surface area contributed by atoms with Crippen molar-refractivity contribution in [3.8, 4) is 0 Å². The molecule has 0 aromatic heterocycles. The molecule has 0 heterocycles. The van der Waals surface area contributed by atoms with Crippen LogP contribution >= 0.6 is 11.6 Å². The molecular weight excluding hydrogens is 226 g/mol.